The fourth-order valence-corrected chi connectivity index (χ4v) is 5.22. The van der Waals surface area contributed by atoms with E-state index in [0.29, 0.717) is 17.9 Å². The number of phenols is 1. The van der Waals surface area contributed by atoms with Crippen molar-refractivity contribution < 1.29 is 58.9 Å². The molecule has 1 aromatic carbocycles. The van der Waals surface area contributed by atoms with Crippen molar-refractivity contribution in [1.29, 1.82) is 5.41 Å². The molecule has 0 bridgehead atoms. The maximum absolute atomic E-state index is 13.6. The molecule has 0 aliphatic carbocycles. The first-order valence-corrected chi connectivity index (χ1v) is 18.0. The number of guanidine groups is 1. The number of rotatable bonds is 27. The largest absolute Gasteiger partial charge is 0.507 e. The Hall–Kier alpha value is -5.01. The number of benzene rings is 1. The van der Waals surface area contributed by atoms with E-state index in [1.54, 1.807) is 7.05 Å². The Labute approximate surface area is 314 Å². The van der Waals surface area contributed by atoms with Gasteiger partial charge in [0.1, 0.15) is 36.1 Å². The Bertz CT molecular complexity index is 1370. The number of carbonyl (C=O) groups is 6. The summed E-state index contributed by atoms with van der Waals surface area (Å²) < 4.78 is 10.8. The van der Waals surface area contributed by atoms with Crippen LogP contribution in [0, 0.1) is 11.3 Å². The van der Waals surface area contributed by atoms with Crippen molar-refractivity contribution in [2.75, 3.05) is 26.7 Å². The van der Waals surface area contributed by atoms with Gasteiger partial charge in [0.05, 0.1) is 5.92 Å². The van der Waals surface area contributed by atoms with Gasteiger partial charge in [-0.1, -0.05) is 58.1 Å². The number of nitrogens with zero attached hydrogens (tertiary/aromatic N) is 2. The zero-order chi connectivity index (χ0) is 40.6. The SMILES string of the molecule is CCCCCCCCC(OC(=O)C(CCCN(O)C=O)NC(=O)C(O)COC(=O)c1ccccc1O)C(C)C(=O)NC(CCCN(C)C(=N)N)C(=O)NO. The van der Waals surface area contributed by atoms with Gasteiger partial charge in [0.25, 0.3) is 11.8 Å². The van der Waals surface area contributed by atoms with E-state index in [2.05, 4.69) is 17.6 Å². The highest BCUT2D eigenvalue weighted by Crippen LogP contribution is 2.20. The van der Waals surface area contributed by atoms with Gasteiger partial charge in [-0.25, -0.2) is 20.1 Å². The number of aliphatic hydroxyl groups excluding tert-OH is 1. The average Bonchev–Trinajstić information content (AvgIpc) is 3.15. The molecule has 1 rings (SSSR count). The second kappa shape index (κ2) is 25.9. The van der Waals surface area contributed by atoms with Crippen molar-refractivity contribution in [2.45, 2.75) is 109 Å². The summed E-state index contributed by atoms with van der Waals surface area (Å²) in [7, 11) is 1.58. The van der Waals surface area contributed by atoms with E-state index in [9.17, 15) is 49.4 Å². The highest BCUT2D eigenvalue weighted by molar-refractivity contribution is 5.93. The lowest BCUT2D eigenvalue weighted by molar-refractivity contribution is -0.159. The second-order valence-electron chi connectivity index (χ2n) is 12.9. The first kappa shape index (κ1) is 47.0. The molecule has 0 aromatic heterocycles. The normalized spacial score (nSPS) is 13.6. The third kappa shape index (κ3) is 17.7. The third-order valence-corrected chi connectivity index (χ3v) is 8.62. The van der Waals surface area contributed by atoms with E-state index in [1.165, 1.54) is 41.6 Å². The Morgan fingerprint density at radius 1 is 0.907 bits per heavy atom. The van der Waals surface area contributed by atoms with Crippen molar-refractivity contribution >= 4 is 42.0 Å². The molecule has 0 aliphatic heterocycles. The minimum atomic E-state index is -1.95. The number of ether oxygens (including phenoxy) is 2. The maximum atomic E-state index is 13.6. The van der Waals surface area contributed by atoms with E-state index in [1.807, 2.05) is 0 Å². The number of carbonyl (C=O) groups excluding carboxylic acids is 6. The standard InChI is InChI=1S/C35H57N7O12/c1-4-5-6-7-8-9-18-29(23(2)30(46)38-25(31(47)40-51)15-12-19-41(3)35(36)37)54-34(50)26(16-13-20-42(52)22-43)39-32(48)28(45)21-53-33(49)24-14-10-11-17-27(24)44/h10-11,14,17,22-23,25-26,28-29,44-45,51-52H,4-9,12-13,15-16,18-21H2,1-3H3,(H3,36,37)(H,38,46)(H,39,48)(H,40,47). The quantitative estimate of drug-likeness (QED) is 0.0114. The maximum Gasteiger partial charge on any atom is 0.342 e. The molecule has 0 aliphatic rings. The summed E-state index contributed by atoms with van der Waals surface area (Å²) in [6.45, 7) is 2.81. The second-order valence-corrected chi connectivity index (χ2v) is 12.9. The number of aromatic hydroxyl groups is 1. The van der Waals surface area contributed by atoms with E-state index in [0.717, 1.165) is 32.1 Å². The summed E-state index contributed by atoms with van der Waals surface area (Å²) >= 11 is 0. The topological polar surface area (TPSA) is 294 Å². The number of aliphatic hydroxyl groups is 1. The van der Waals surface area contributed by atoms with Crippen LogP contribution in [0.5, 0.6) is 5.75 Å². The summed E-state index contributed by atoms with van der Waals surface area (Å²) in [5, 5.41) is 51.9. The molecule has 0 saturated carbocycles. The van der Waals surface area contributed by atoms with Gasteiger partial charge >= 0.3 is 11.9 Å². The number of esters is 2. The van der Waals surface area contributed by atoms with Crippen molar-refractivity contribution in [3.8, 4) is 5.75 Å². The fraction of sp³-hybridized carbons (Fsp3) is 0.629. The van der Waals surface area contributed by atoms with E-state index >= 15 is 0 Å². The van der Waals surface area contributed by atoms with Gasteiger partial charge in [-0.05, 0) is 50.7 Å². The summed E-state index contributed by atoms with van der Waals surface area (Å²) in [6.07, 6.45) is 2.88. The Kier molecular flexibility index (Phi) is 22.5. The summed E-state index contributed by atoms with van der Waals surface area (Å²) in [6, 6.07) is 2.86. The van der Waals surface area contributed by atoms with Crippen LogP contribution in [0.15, 0.2) is 24.3 Å². The zero-order valence-electron chi connectivity index (χ0n) is 31.2. The van der Waals surface area contributed by atoms with Gasteiger partial charge in [0, 0.05) is 20.1 Å². The fourth-order valence-electron chi connectivity index (χ4n) is 5.22. The van der Waals surface area contributed by atoms with Crippen LogP contribution in [0.2, 0.25) is 0 Å². The lowest BCUT2D eigenvalue weighted by atomic mass is 9.96. The molecule has 5 atom stereocenters. The number of unbranched alkanes of at least 4 members (excludes halogenated alkanes) is 5. The van der Waals surface area contributed by atoms with Crippen LogP contribution in [-0.4, -0.2) is 124 Å². The number of phenolic OH excluding ortho intramolecular Hbond substituents is 1. The highest BCUT2D eigenvalue weighted by Gasteiger charge is 2.34. The van der Waals surface area contributed by atoms with Crippen LogP contribution < -0.4 is 21.8 Å². The number of hydroxylamine groups is 3. The molecule has 19 nitrogen and oxygen atoms in total. The molecular weight excluding hydrogens is 710 g/mol. The lowest BCUT2D eigenvalue weighted by Gasteiger charge is -2.28. The molecule has 10 N–H and O–H groups in total. The minimum Gasteiger partial charge on any atom is -0.507 e. The van der Waals surface area contributed by atoms with E-state index < -0.39 is 66.5 Å². The van der Waals surface area contributed by atoms with Gasteiger partial charge in [-0.3, -0.25) is 35.0 Å². The number of amides is 4. The summed E-state index contributed by atoms with van der Waals surface area (Å²) in [4.78, 5) is 77.2. The predicted molar refractivity (Wildman–Crippen MR) is 193 cm³/mol. The molecule has 0 saturated heterocycles. The lowest BCUT2D eigenvalue weighted by Crippen LogP contribution is -2.51. The highest BCUT2D eigenvalue weighted by atomic mass is 16.6. The molecule has 0 fully saturated rings. The van der Waals surface area contributed by atoms with Gasteiger partial charge in [0.15, 0.2) is 12.1 Å². The van der Waals surface area contributed by atoms with Crippen LogP contribution in [0.1, 0.15) is 94.8 Å². The van der Waals surface area contributed by atoms with Gasteiger partial charge in [-0.15, -0.1) is 0 Å². The van der Waals surface area contributed by atoms with Crippen LogP contribution in [0.25, 0.3) is 0 Å². The summed E-state index contributed by atoms with van der Waals surface area (Å²) in [5.74, 6) is -6.28. The van der Waals surface area contributed by atoms with E-state index in [4.69, 9.17) is 20.6 Å². The molecule has 4 amide bonds. The van der Waals surface area contributed by atoms with Crippen LogP contribution >= 0.6 is 0 Å². The smallest absolute Gasteiger partial charge is 0.342 e. The molecule has 19 heteroatoms. The van der Waals surface area contributed by atoms with E-state index in [-0.39, 0.29) is 62.5 Å². The zero-order valence-corrected chi connectivity index (χ0v) is 31.2. The number of nitrogens with one attached hydrogen (secondary N) is 4. The first-order chi connectivity index (χ1) is 25.7. The number of para-hydroxylation sites is 1. The summed E-state index contributed by atoms with van der Waals surface area (Å²) in [5.41, 5.74) is 6.78. The number of hydrogen-bond donors (Lipinski definition) is 9. The Morgan fingerprint density at radius 2 is 1.52 bits per heavy atom. The number of nitrogens with two attached hydrogens (primary N) is 1. The molecular formula is C35H57N7O12. The van der Waals surface area contributed by atoms with Crippen molar-refractivity contribution in [2.24, 2.45) is 11.7 Å². The Balaban J connectivity index is 3.16. The molecule has 0 heterocycles. The minimum absolute atomic E-state index is 0.0114. The molecule has 5 unspecified atom stereocenters. The number of hydrogen-bond acceptors (Lipinski definition) is 13. The van der Waals surface area contributed by atoms with Crippen molar-refractivity contribution in [3.05, 3.63) is 29.8 Å². The molecule has 1 aromatic rings. The molecule has 54 heavy (non-hydrogen) atoms. The van der Waals surface area contributed by atoms with Gasteiger partial charge in [0.2, 0.25) is 12.3 Å². The van der Waals surface area contributed by atoms with Gasteiger partial charge < -0.3 is 41.0 Å². The van der Waals surface area contributed by atoms with Crippen LogP contribution in [0.4, 0.5) is 0 Å². The molecule has 304 valence electrons. The Morgan fingerprint density at radius 3 is 2.15 bits per heavy atom. The monoisotopic (exact) mass is 767 g/mol. The average molecular weight is 768 g/mol. The first-order valence-electron chi connectivity index (χ1n) is 18.0. The molecule has 0 radical (unpaired) electrons. The van der Waals surface area contributed by atoms with Crippen LogP contribution in [-0.2, 0) is 33.4 Å². The predicted octanol–water partition coefficient (Wildman–Crippen LogP) is 0.917. The third-order valence-electron chi connectivity index (χ3n) is 8.62. The van der Waals surface area contributed by atoms with Crippen molar-refractivity contribution in [1.82, 2.24) is 26.1 Å². The van der Waals surface area contributed by atoms with Gasteiger partial charge in [-0.2, -0.15) is 0 Å². The molecule has 0 spiro atoms. The van der Waals surface area contributed by atoms with Crippen LogP contribution in [0.3, 0.4) is 0 Å². The van der Waals surface area contributed by atoms with Crippen molar-refractivity contribution in [3.63, 3.8) is 0 Å².